The first-order chi connectivity index (χ1) is 17.9. The molecule has 0 unspecified atom stereocenters. The molecule has 1 fully saturated rings. The maximum absolute atomic E-state index is 14.2. The maximum Gasteiger partial charge on any atom is 0.256 e. The fraction of sp³-hybridized carbons (Fsp3) is 0.261. The summed E-state index contributed by atoms with van der Waals surface area (Å²) in [5.74, 6) is -1.22. The molecule has 0 aliphatic carbocycles. The van der Waals surface area contributed by atoms with Crippen LogP contribution >= 0.6 is 23.2 Å². The first kappa shape index (κ1) is 24.8. The second-order valence-electron chi connectivity index (χ2n) is 8.43. The summed E-state index contributed by atoms with van der Waals surface area (Å²) in [5.41, 5.74) is 1.53. The lowest BCUT2D eigenvalue weighted by atomic mass is 9.95. The van der Waals surface area contributed by atoms with Gasteiger partial charge in [0.25, 0.3) is 5.91 Å². The fourth-order valence-electron chi connectivity index (χ4n) is 4.15. The van der Waals surface area contributed by atoms with Crippen molar-refractivity contribution >= 4 is 35.0 Å². The number of halogens is 3. The molecule has 0 radical (unpaired) electrons. The first-order valence-corrected chi connectivity index (χ1v) is 12.1. The van der Waals surface area contributed by atoms with Crippen LogP contribution in [-0.2, 0) is 11.3 Å². The molecule has 14 heteroatoms. The van der Waals surface area contributed by atoms with Gasteiger partial charge in [0, 0.05) is 24.0 Å². The third-order valence-corrected chi connectivity index (χ3v) is 6.63. The highest BCUT2D eigenvalue weighted by atomic mass is 35.5. The van der Waals surface area contributed by atoms with Crippen molar-refractivity contribution in [1.82, 2.24) is 45.4 Å². The minimum Gasteiger partial charge on any atom is -0.350 e. The molecule has 0 saturated carbocycles. The standard InChI is InChI=1S/C23H20Cl2FN9O2/c24-15-4-5-19(35-13-28-30-32-35)17(10-15)23(37)33-8-6-14(7-9-33)22(36)27-11-16-12-34(31-29-16)20-3-1-2-18(25)21(20)26/h1-5,10,12-14H,6-9,11H2,(H,27,36). The predicted molar refractivity (Wildman–Crippen MR) is 131 cm³/mol. The van der Waals surface area contributed by atoms with Crippen LogP contribution in [0.15, 0.2) is 48.9 Å². The van der Waals surface area contributed by atoms with Gasteiger partial charge in [-0.2, -0.15) is 4.68 Å². The normalized spacial score (nSPS) is 14.1. The highest BCUT2D eigenvalue weighted by molar-refractivity contribution is 6.31. The average Bonchev–Trinajstić information content (AvgIpc) is 3.61. The zero-order valence-electron chi connectivity index (χ0n) is 19.3. The molecule has 0 bridgehead atoms. The minimum atomic E-state index is -0.603. The van der Waals surface area contributed by atoms with Crippen LogP contribution in [-0.4, -0.2) is 65.0 Å². The van der Waals surface area contributed by atoms with Crippen molar-refractivity contribution in [3.8, 4) is 11.4 Å². The molecule has 1 N–H and O–H groups in total. The Hall–Kier alpha value is -3.90. The number of nitrogens with zero attached hydrogens (tertiary/aromatic N) is 8. The van der Waals surface area contributed by atoms with Crippen molar-refractivity contribution in [2.24, 2.45) is 5.92 Å². The van der Waals surface area contributed by atoms with Crippen LogP contribution < -0.4 is 5.32 Å². The Kier molecular flexibility index (Phi) is 7.10. The summed E-state index contributed by atoms with van der Waals surface area (Å²) < 4.78 is 16.9. The SMILES string of the molecule is O=C(NCc1cn(-c2cccc(Cl)c2F)nn1)C1CCN(C(=O)c2cc(Cl)ccc2-n2cnnn2)CC1. The van der Waals surface area contributed by atoms with Gasteiger partial charge in [-0.05, 0) is 53.6 Å². The summed E-state index contributed by atoms with van der Waals surface area (Å²) in [6.45, 7) is 0.948. The topological polar surface area (TPSA) is 124 Å². The number of hydrogen-bond acceptors (Lipinski definition) is 7. The van der Waals surface area contributed by atoms with Crippen LogP contribution in [0.3, 0.4) is 0 Å². The predicted octanol–water partition coefficient (Wildman–Crippen LogP) is 2.86. The number of hydrogen-bond donors (Lipinski definition) is 1. The Labute approximate surface area is 220 Å². The summed E-state index contributed by atoms with van der Waals surface area (Å²) >= 11 is 12.0. The van der Waals surface area contributed by atoms with Gasteiger partial charge in [0.15, 0.2) is 5.82 Å². The molecule has 1 aliphatic heterocycles. The highest BCUT2D eigenvalue weighted by Gasteiger charge is 2.29. The summed E-state index contributed by atoms with van der Waals surface area (Å²) in [5, 5.41) is 22.3. The number of rotatable bonds is 6. The molecule has 4 aromatic rings. The van der Waals surface area contributed by atoms with Crippen molar-refractivity contribution in [2.45, 2.75) is 19.4 Å². The van der Waals surface area contributed by atoms with Gasteiger partial charge in [-0.25, -0.2) is 9.07 Å². The number of tetrazole rings is 1. The van der Waals surface area contributed by atoms with Gasteiger partial charge < -0.3 is 10.2 Å². The summed E-state index contributed by atoms with van der Waals surface area (Å²) in [6.07, 6.45) is 3.93. The molecule has 2 aromatic carbocycles. The number of amides is 2. The Bertz CT molecular complexity index is 1440. The van der Waals surface area contributed by atoms with Crippen molar-refractivity contribution < 1.29 is 14.0 Å². The van der Waals surface area contributed by atoms with Crippen LogP contribution in [0.4, 0.5) is 4.39 Å². The molecule has 190 valence electrons. The lowest BCUT2D eigenvalue weighted by Gasteiger charge is -2.31. The molecule has 0 atom stereocenters. The fourth-order valence-corrected chi connectivity index (χ4v) is 4.50. The summed E-state index contributed by atoms with van der Waals surface area (Å²) in [4.78, 5) is 27.7. The van der Waals surface area contributed by atoms with Gasteiger partial charge in [0.1, 0.15) is 17.7 Å². The van der Waals surface area contributed by atoms with E-state index in [2.05, 4.69) is 31.2 Å². The largest absolute Gasteiger partial charge is 0.350 e. The van der Waals surface area contributed by atoms with E-state index >= 15 is 0 Å². The van der Waals surface area contributed by atoms with Gasteiger partial charge in [-0.3, -0.25) is 9.59 Å². The molecular weight excluding hydrogens is 524 g/mol. The van der Waals surface area contributed by atoms with Crippen molar-refractivity contribution in [3.63, 3.8) is 0 Å². The Morgan fingerprint density at radius 3 is 2.62 bits per heavy atom. The van der Waals surface area contributed by atoms with Crippen molar-refractivity contribution in [2.75, 3.05) is 13.1 Å². The van der Waals surface area contributed by atoms with E-state index in [-0.39, 0.29) is 35.0 Å². The molecule has 5 rings (SSSR count). The summed E-state index contributed by atoms with van der Waals surface area (Å²) in [6, 6.07) is 9.52. The molecule has 3 heterocycles. The van der Waals surface area contributed by atoms with E-state index in [1.165, 1.54) is 34.0 Å². The third-order valence-electron chi connectivity index (χ3n) is 6.10. The van der Waals surface area contributed by atoms with Gasteiger partial charge in [-0.15, -0.1) is 10.2 Å². The quantitative estimate of drug-likeness (QED) is 0.396. The highest BCUT2D eigenvalue weighted by Crippen LogP contribution is 2.25. The number of piperidine rings is 1. The van der Waals surface area contributed by atoms with E-state index < -0.39 is 5.82 Å². The lowest BCUT2D eigenvalue weighted by molar-refractivity contribution is -0.126. The first-order valence-electron chi connectivity index (χ1n) is 11.4. The molecule has 0 spiro atoms. The monoisotopic (exact) mass is 543 g/mol. The molecule has 1 saturated heterocycles. The lowest BCUT2D eigenvalue weighted by Crippen LogP contribution is -2.43. The number of carbonyl (C=O) groups excluding carboxylic acids is 2. The molecule has 1 aliphatic rings. The molecule has 37 heavy (non-hydrogen) atoms. The molecule has 2 amide bonds. The van der Waals surface area contributed by atoms with E-state index in [9.17, 15) is 14.0 Å². The van der Waals surface area contributed by atoms with Crippen molar-refractivity contribution in [1.29, 1.82) is 0 Å². The van der Waals surface area contributed by atoms with E-state index in [0.717, 1.165) is 0 Å². The third kappa shape index (κ3) is 5.30. The summed E-state index contributed by atoms with van der Waals surface area (Å²) in [7, 11) is 0. The Balaban J connectivity index is 1.17. The molecule has 11 nitrogen and oxygen atoms in total. The van der Waals surface area contributed by atoms with E-state index in [1.807, 2.05) is 0 Å². The Morgan fingerprint density at radius 1 is 1.05 bits per heavy atom. The molecular formula is C23H20Cl2FN9O2. The number of nitrogens with one attached hydrogen (secondary N) is 1. The zero-order valence-corrected chi connectivity index (χ0v) is 20.8. The second-order valence-corrected chi connectivity index (χ2v) is 9.27. The minimum absolute atomic E-state index is 0.0188. The maximum atomic E-state index is 14.2. The van der Waals surface area contributed by atoms with Crippen LogP contribution in [0.1, 0.15) is 28.9 Å². The number of likely N-dealkylation sites (tertiary alicyclic amines) is 1. The second kappa shape index (κ2) is 10.6. The van der Waals surface area contributed by atoms with E-state index in [4.69, 9.17) is 23.2 Å². The van der Waals surface area contributed by atoms with E-state index in [1.54, 1.807) is 29.2 Å². The van der Waals surface area contributed by atoms with Crippen LogP contribution in [0, 0.1) is 11.7 Å². The van der Waals surface area contributed by atoms with Crippen LogP contribution in [0.5, 0.6) is 0 Å². The van der Waals surface area contributed by atoms with E-state index in [0.29, 0.717) is 47.9 Å². The van der Waals surface area contributed by atoms with Crippen LogP contribution in [0.25, 0.3) is 11.4 Å². The number of benzene rings is 2. The van der Waals surface area contributed by atoms with Gasteiger partial charge >= 0.3 is 0 Å². The molecule has 2 aromatic heterocycles. The zero-order chi connectivity index (χ0) is 25.9. The van der Waals surface area contributed by atoms with Gasteiger partial charge in [0.05, 0.1) is 29.0 Å². The average molecular weight is 544 g/mol. The van der Waals surface area contributed by atoms with Crippen molar-refractivity contribution in [3.05, 3.63) is 76.0 Å². The number of aromatic nitrogens is 7. The smallest absolute Gasteiger partial charge is 0.256 e. The van der Waals surface area contributed by atoms with Gasteiger partial charge in [-0.1, -0.05) is 34.5 Å². The number of carbonyl (C=O) groups is 2. The van der Waals surface area contributed by atoms with Crippen LogP contribution in [0.2, 0.25) is 10.0 Å². The van der Waals surface area contributed by atoms with Gasteiger partial charge in [0.2, 0.25) is 5.91 Å². The Morgan fingerprint density at radius 2 is 1.86 bits per heavy atom.